The van der Waals surface area contributed by atoms with Gasteiger partial charge in [-0.05, 0) is 31.7 Å². The molecule has 0 bridgehead atoms. The van der Waals surface area contributed by atoms with Crippen LogP contribution >= 0.6 is 0 Å². The molecule has 2 aliphatic rings. The summed E-state index contributed by atoms with van der Waals surface area (Å²) in [6, 6.07) is 4.23. The molecule has 0 atom stereocenters. The fourth-order valence-corrected chi connectivity index (χ4v) is 3.31. The third kappa shape index (κ3) is 2.69. The molecule has 2 heterocycles. The predicted molar refractivity (Wildman–Crippen MR) is 91.5 cm³/mol. The predicted octanol–water partition coefficient (Wildman–Crippen LogP) is 1.85. The van der Waals surface area contributed by atoms with Gasteiger partial charge in [-0.1, -0.05) is 0 Å². The van der Waals surface area contributed by atoms with Gasteiger partial charge in [-0.25, -0.2) is 9.97 Å². The summed E-state index contributed by atoms with van der Waals surface area (Å²) in [6.45, 7) is 1.83. The number of carbonyl (C=O) groups excluding carboxylic acids is 1. The van der Waals surface area contributed by atoms with Crippen molar-refractivity contribution in [1.29, 1.82) is 0 Å². The number of nitro groups is 1. The maximum absolute atomic E-state index is 11.6. The van der Waals surface area contributed by atoms with Gasteiger partial charge in [-0.15, -0.1) is 0 Å². The summed E-state index contributed by atoms with van der Waals surface area (Å²) in [5.74, 6) is -0.0346. The minimum atomic E-state index is -0.696. The van der Waals surface area contributed by atoms with Crippen molar-refractivity contribution in [2.75, 3.05) is 18.0 Å². The molecule has 1 amide bonds. The lowest BCUT2D eigenvalue weighted by atomic mass is 10.0. The molecule has 1 aromatic carbocycles. The van der Waals surface area contributed by atoms with E-state index in [2.05, 4.69) is 14.9 Å². The molecule has 0 radical (unpaired) electrons. The average molecular weight is 339 g/mol. The number of primary amides is 1. The number of fused-ring (bicyclic) bond motifs is 1. The maximum atomic E-state index is 11.6. The smallest absolute Gasteiger partial charge is 0.270 e. The first-order valence-electron chi connectivity index (χ1n) is 8.27. The van der Waals surface area contributed by atoms with E-state index in [1.54, 1.807) is 6.07 Å². The normalized spacial score (nSPS) is 15.6. The van der Waals surface area contributed by atoms with Gasteiger partial charge in [-0.3, -0.25) is 14.9 Å². The van der Waals surface area contributed by atoms with Gasteiger partial charge in [-0.2, -0.15) is 0 Å². The van der Waals surface area contributed by atoms with Crippen molar-refractivity contribution in [1.82, 2.24) is 9.97 Å². The molecule has 0 saturated carbocycles. The molecule has 25 heavy (non-hydrogen) atoms. The summed E-state index contributed by atoms with van der Waals surface area (Å²) in [4.78, 5) is 33.7. The molecule has 1 aliphatic heterocycles. The quantitative estimate of drug-likeness (QED) is 0.671. The standard InChI is InChI=1S/C17H17N5O3/c18-16(23)11-7-10(8-12(9-11)22(24)25)15-13-3-1-4-14(13)19-17(20-15)21-5-2-6-21/h7-9H,1-6H2,(H2,18,23). The Bertz CT molecular complexity index is 860. The summed E-state index contributed by atoms with van der Waals surface area (Å²) in [6.07, 6.45) is 3.80. The number of rotatable bonds is 4. The lowest BCUT2D eigenvalue weighted by Crippen LogP contribution is -2.38. The molecule has 0 spiro atoms. The highest BCUT2D eigenvalue weighted by molar-refractivity contribution is 5.95. The average Bonchev–Trinajstić information content (AvgIpc) is 3.00. The van der Waals surface area contributed by atoms with Crippen molar-refractivity contribution in [2.45, 2.75) is 25.7 Å². The van der Waals surface area contributed by atoms with Gasteiger partial charge >= 0.3 is 0 Å². The third-order valence-electron chi connectivity index (χ3n) is 4.75. The number of nitro benzene ring substituents is 1. The molecule has 1 aliphatic carbocycles. The van der Waals surface area contributed by atoms with E-state index >= 15 is 0 Å². The first-order valence-corrected chi connectivity index (χ1v) is 8.27. The summed E-state index contributed by atoms with van der Waals surface area (Å²) in [5, 5.41) is 11.2. The van der Waals surface area contributed by atoms with Crippen LogP contribution in [0.1, 0.15) is 34.5 Å². The van der Waals surface area contributed by atoms with Crippen molar-refractivity contribution in [2.24, 2.45) is 5.73 Å². The Labute approximate surface area is 143 Å². The Morgan fingerprint density at radius 2 is 1.96 bits per heavy atom. The summed E-state index contributed by atoms with van der Waals surface area (Å²) >= 11 is 0. The number of carbonyl (C=O) groups is 1. The van der Waals surface area contributed by atoms with Gasteiger partial charge in [0, 0.05) is 47.6 Å². The molecule has 2 aromatic rings. The van der Waals surface area contributed by atoms with Gasteiger partial charge in [0.15, 0.2) is 0 Å². The molecule has 8 heteroatoms. The van der Waals surface area contributed by atoms with E-state index in [1.165, 1.54) is 12.1 Å². The van der Waals surface area contributed by atoms with Gasteiger partial charge in [0.25, 0.3) is 5.69 Å². The monoisotopic (exact) mass is 339 g/mol. The van der Waals surface area contributed by atoms with E-state index in [9.17, 15) is 14.9 Å². The van der Waals surface area contributed by atoms with Gasteiger partial charge in [0.1, 0.15) is 0 Å². The van der Waals surface area contributed by atoms with E-state index in [-0.39, 0.29) is 11.3 Å². The molecule has 0 unspecified atom stereocenters. The van der Waals surface area contributed by atoms with Crippen LogP contribution in [0.3, 0.4) is 0 Å². The number of aromatic nitrogens is 2. The fraction of sp³-hybridized carbons (Fsp3) is 0.353. The second kappa shape index (κ2) is 5.80. The van der Waals surface area contributed by atoms with E-state index in [4.69, 9.17) is 5.73 Å². The van der Waals surface area contributed by atoms with Gasteiger partial charge in [0.05, 0.1) is 10.6 Å². The van der Waals surface area contributed by atoms with Crippen molar-refractivity contribution >= 4 is 17.5 Å². The van der Waals surface area contributed by atoms with Crippen LogP contribution in [-0.2, 0) is 12.8 Å². The number of aryl methyl sites for hydroxylation is 1. The lowest BCUT2D eigenvalue weighted by Gasteiger charge is -2.31. The van der Waals surface area contributed by atoms with E-state index in [1.807, 2.05) is 0 Å². The Hall–Kier alpha value is -3.03. The zero-order valence-electron chi connectivity index (χ0n) is 13.6. The van der Waals surface area contributed by atoms with Crippen LogP contribution in [0.25, 0.3) is 11.3 Å². The highest BCUT2D eigenvalue weighted by atomic mass is 16.6. The van der Waals surface area contributed by atoms with Crippen LogP contribution in [0.2, 0.25) is 0 Å². The summed E-state index contributed by atoms with van der Waals surface area (Å²) in [7, 11) is 0. The number of nitrogens with two attached hydrogens (primary N) is 1. The topological polar surface area (TPSA) is 115 Å². The Morgan fingerprint density at radius 1 is 1.16 bits per heavy atom. The summed E-state index contributed by atoms with van der Waals surface area (Å²) in [5.41, 5.74) is 8.53. The number of anilines is 1. The zero-order valence-corrected chi connectivity index (χ0v) is 13.6. The van der Waals surface area contributed by atoms with E-state index in [0.29, 0.717) is 17.2 Å². The van der Waals surface area contributed by atoms with E-state index < -0.39 is 10.8 Å². The Balaban J connectivity index is 1.90. The molecular formula is C17H17N5O3. The zero-order chi connectivity index (χ0) is 17.6. The van der Waals surface area contributed by atoms with Crippen LogP contribution in [-0.4, -0.2) is 33.9 Å². The van der Waals surface area contributed by atoms with Gasteiger partial charge < -0.3 is 10.6 Å². The largest absolute Gasteiger partial charge is 0.366 e. The molecule has 8 nitrogen and oxygen atoms in total. The number of non-ortho nitro benzene ring substituents is 1. The number of hydrogen-bond donors (Lipinski definition) is 1. The SMILES string of the molecule is NC(=O)c1cc(-c2nc(N3CCC3)nc3c2CCC3)cc([N+](=O)[O-])c1. The minimum Gasteiger partial charge on any atom is -0.366 e. The second-order valence-electron chi connectivity index (χ2n) is 6.38. The van der Waals surface area contributed by atoms with Crippen LogP contribution in [0.4, 0.5) is 11.6 Å². The minimum absolute atomic E-state index is 0.111. The van der Waals surface area contributed by atoms with Crippen molar-refractivity contribution in [3.05, 3.63) is 45.1 Å². The van der Waals surface area contributed by atoms with Crippen LogP contribution in [0.15, 0.2) is 18.2 Å². The number of benzene rings is 1. The molecule has 2 N–H and O–H groups in total. The fourth-order valence-electron chi connectivity index (χ4n) is 3.31. The molecule has 1 saturated heterocycles. The van der Waals surface area contributed by atoms with Crippen molar-refractivity contribution in [3.8, 4) is 11.3 Å². The molecule has 4 rings (SSSR count). The highest BCUT2D eigenvalue weighted by Crippen LogP contribution is 2.34. The van der Waals surface area contributed by atoms with Crippen LogP contribution in [0.5, 0.6) is 0 Å². The molecule has 128 valence electrons. The van der Waals surface area contributed by atoms with Crippen molar-refractivity contribution in [3.63, 3.8) is 0 Å². The maximum Gasteiger partial charge on any atom is 0.270 e. The third-order valence-corrected chi connectivity index (χ3v) is 4.75. The molecule has 1 fully saturated rings. The number of hydrogen-bond acceptors (Lipinski definition) is 6. The first kappa shape index (κ1) is 15.5. The van der Waals surface area contributed by atoms with Gasteiger partial charge in [0.2, 0.25) is 11.9 Å². The lowest BCUT2D eigenvalue weighted by molar-refractivity contribution is -0.384. The summed E-state index contributed by atoms with van der Waals surface area (Å²) < 4.78 is 0. The number of nitrogens with zero attached hydrogens (tertiary/aromatic N) is 4. The Kier molecular flexibility index (Phi) is 3.60. The van der Waals surface area contributed by atoms with Crippen LogP contribution in [0, 0.1) is 10.1 Å². The van der Waals surface area contributed by atoms with E-state index in [0.717, 1.165) is 50.0 Å². The second-order valence-corrected chi connectivity index (χ2v) is 6.38. The number of amides is 1. The molecular weight excluding hydrogens is 322 g/mol. The first-order chi connectivity index (χ1) is 12.0. The van der Waals surface area contributed by atoms with Crippen LogP contribution < -0.4 is 10.6 Å². The highest BCUT2D eigenvalue weighted by Gasteiger charge is 2.26. The molecule has 1 aromatic heterocycles. The Morgan fingerprint density at radius 3 is 2.60 bits per heavy atom. The van der Waals surface area contributed by atoms with Crippen molar-refractivity contribution < 1.29 is 9.72 Å².